The molecule has 7 nitrogen and oxygen atoms in total. The van der Waals surface area contributed by atoms with E-state index in [1.807, 2.05) is 0 Å². The standard InChI is InChI=1S/C12H14N2O5S/c1-6-10(19-12(18)13-3-2-4-13)9(11(16)17)14-7(15)5-8(14)20-6/h6,8H,2-5H2,1H3,(H,16,17)/t6?,8-/m1/s1. The number of β-lactam (4-membered cyclic amide) rings is 1. The van der Waals surface area contributed by atoms with Crippen molar-refractivity contribution in [2.75, 3.05) is 13.1 Å². The minimum absolute atomic E-state index is 0.0729. The molecule has 0 saturated carbocycles. The zero-order chi connectivity index (χ0) is 14.4. The molecule has 0 aromatic rings. The lowest BCUT2D eigenvalue weighted by Crippen LogP contribution is -2.55. The molecule has 0 aliphatic carbocycles. The quantitative estimate of drug-likeness (QED) is 0.759. The Morgan fingerprint density at radius 1 is 1.40 bits per heavy atom. The van der Waals surface area contributed by atoms with Crippen molar-refractivity contribution in [2.24, 2.45) is 0 Å². The molecule has 8 heteroatoms. The number of likely N-dealkylation sites (tertiary alicyclic amines) is 1. The van der Waals surface area contributed by atoms with Gasteiger partial charge in [0.2, 0.25) is 5.91 Å². The van der Waals surface area contributed by atoms with Gasteiger partial charge < -0.3 is 14.7 Å². The lowest BCUT2D eigenvalue weighted by Gasteiger charge is -2.45. The first-order valence-corrected chi connectivity index (χ1v) is 7.35. The Morgan fingerprint density at radius 2 is 2.10 bits per heavy atom. The fraction of sp³-hybridized carbons (Fsp3) is 0.583. The lowest BCUT2D eigenvalue weighted by molar-refractivity contribution is -0.146. The molecule has 0 bridgehead atoms. The molecule has 2 amide bonds. The summed E-state index contributed by atoms with van der Waals surface area (Å²) in [5.41, 5.74) is -0.189. The average Bonchev–Trinajstić information content (AvgIpc) is 2.28. The van der Waals surface area contributed by atoms with Gasteiger partial charge in [-0.25, -0.2) is 9.59 Å². The van der Waals surface area contributed by atoms with Gasteiger partial charge >= 0.3 is 12.1 Å². The number of hydrogen-bond donors (Lipinski definition) is 1. The van der Waals surface area contributed by atoms with Gasteiger partial charge in [0.15, 0.2) is 11.5 Å². The van der Waals surface area contributed by atoms with E-state index in [1.54, 1.807) is 6.92 Å². The third-order valence-corrected chi connectivity index (χ3v) is 4.94. The molecule has 0 spiro atoms. The number of ether oxygens (including phenoxy) is 1. The van der Waals surface area contributed by atoms with Crippen LogP contribution in [0, 0.1) is 0 Å². The van der Waals surface area contributed by atoms with Gasteiger partial charge in [-0.2, -0.15) is 0 Å². The fourth-order valence-electron chi connectivity index (χ4n) is 2.37. The number of aliphatic carboxylic acids is 1. The van der Waals surface area contributed by atoms with E-state index < -0.39 is 12.1 Å². The molecule has 2 atom stereocenters. The van der Waals surface area contributed by atoms with Crippen LogP contribution < -0.4 is 0 Å². The van der Waals surface area contributed by atoms with E-state index in [1.165, 1.54) is 21.6 Å². The molecule has 2 fully saturated rings. The molecule has 3 aliphatic rings. The lowest BCUT2D eigenvalue weighted by atomic mass is 10.1. The van der Waals surface area contributed by atoms with Crippen LogP contribution in [0.2, 0.25) is 0 Å². The Bertz CT molecular complexity index is 528. The van der Waals surface area contributed by atoms with Crippen LogP contribution in [0.3, 0.4) is 0 Å². The second kappa shape index (κ2) is 4.69. The minimum atomic E-state index is -1.23. The SMILES string of the molecule is CC1S[C@@H]2CC(=O)N2C(C(=O)O)=C1OC(=O)N1CCC1. The van der Waals surface area contributed by atoms with E-state index in [4.69, 9.17) is 4.74 Å². The topological polar surface area (TPSA) is 87.1 Å². The van der Waals surface area contributed by atoms with Crippen molar-refractivity contribution >= 4 is 29.7 Å². The van der Waals surface area contributed by atoms with Crippen LogP contribution in [-0.2, 0) is 14.3 Å². The third kappa shape index (κ3) is 1.94. The Kier molecular flexibility index (Phi) is 3.12. The summed E-state index contributed by atoms with van der Waals surface area (Å²) in [6, 6.07) is 0. The van der Waals surface area contributed by atoms with Crippen LogP contribution in [-0.4, -0.2) is 56.6 Å². The third-order valence-electron chi connectivity index (χ3n) is 3.62. The number of carboxylic acids is 1. The summed E-state index contributed by atoms with van der Waals surface area (Å²) in [6.07, 6.45) is 0.722. The second-order valence-electron chi connectivity index (χ2n) is 4.93. The van der Waals surface area contributed by atoms with Crippen molar-refractivity contribution < 1.29 is 24.2 Å². The summed E-state index contributed by atoms with van der Waals surface area (Å²) < 4.78 is 5.25. The number of carbonyl (C=O) groups is 3. The molecule has 3 aliphatic heterocycles. The van der Waals surface area contributed by atoms with Crippen LogP contribution in [0.1, 0.15) is 19.8 Å². The molecular weight excluding hydrogens is 284 g/mol. The van der Waals surface area contributed by atoms with Crippen molar-refractivity contribution in [2.45, 2.75) is 30.4 Å². The Morgan fingerprint density at radius 3 is 2.60 bits per heavy atom. The van der Waals surface area contributed by atoms with Crippen molar-refractivity contribution in [3.8, 4) is 0 Å². The highest BCUT2D eigenvalue weighted by atomic mass is 32.2. The summed E-state index contributed by atoms with van der Waals surface area (Å²) in [7, 11) is 0. The van der Waals surface area contributed by atoms with Gasteiger partial charge in [0.25, 0.3) is 0 Å². The van der Waals surface area contributed by atoms with E-state index in [0.717, 1.165) is 6.42 Å². The van der Waals surface area contributed by atoms with Gasteiger partial charge in [-0.05, 0) is 13.3 Å². The highest BCUT2D eigenvalue weighted by molar-refractivity contribution is 8.00. The Hall–Kier alpha value is -1.70. The maximum atomic E-state index is 11.9. The van der Waals surface area contributed by atoms with Crippen LogP contribution in [0.5, 0.6) is 0 Å². The molecule has 1 unspecified atom stereocenters. The predicted molar refractivity (Wildman–Crippen MR) is 69.6 cm³/mol. The first-order valence-electron chi connectivity index (χ1n) is 6.40. The number of carbonyl (C=O) groups excluding carboxylic acids is 2. The summed E-state index contributed by atoms with van der Waals surface area (Å²) >= 11 is 1.44. The van der Waals surface area contributed by atoms with Gasteiger partial charge in [0.05, 0.1) is 17.0 Å². The molecule has 0 aromatic carbocycles. The van der Waals surface area contributed by atoms with E-state index in [9.17, 15) is 19.5 Å². The highest BCUT2D eigenvalue weighted by Gasteiger charge is 2.49. The van der Waals surface area contributed by atoms with Gasteiger partial charge in [0, 0.05) is 13.1 Å². The number of carboxylic acid groups (broad SMARTS) is 1. The summed E-state index contributed by atoms with van der Waals surface area (Å²) in [5, 5.41) is 8.90. The molecule has 3 heterocycles. The van der Waals surface area contributed by atoms with E-state index in [-0.39, 0.29) is 28.0 Å². The largest absolute Gasteiger partial charge is 0.476 e. The van der Waals surface area contributed by atoms with E-state index >= 15 is 0 Å². The van der Waals surface area contributed by atoms with Crippen molar-refractivity contribution in [3.63, 3.8) is 0 Å². The fourth-order valence-corrected chi connectivity index (χ4v) is 3.71. The van der Waals surface area contributed by atoms with Gasteiger partial charge in [-0.15, -0.1) is 11.8 Å². The smallest absolute Gasteiger partial charge is 0.415 e. The van der Waals surface area contributed by atoms with E-state index in [2.05, 4.69) is 0 Å². The summed E-state index contributed by atoms with van der Waals surface area (Å²) in [5.74, 6) is -1.41. The monoisotopic (exact) mass is 298 g/mol. The molecule has 108 valence electrons. The zero-order valence-electron chi connectivity index (χ0n) is 10.9. The highest BCUT2D eigenvalue weighted by Crippen LogP contribution is 2.44. The number of thioether (sulfide) groups is 1. The van der Waals surface area contributed by atoms with Crippen LogP contribution >= 0.6 is 11.8 Å². The molecule has 1 N–H and O–H groups in total. The maximum absolute atomic E-state index is 11.9. The molecular formula is C12H14N2O5S. The number of nitrogens with zero attached hydrogens (tertiary/aromatic N) is 2. The maximum Gasteiger partial charge on any atom is 0.415 e. The molecule has 0 aromatic heterocycles. The normalized spacial score (nSPS) is 28.6. The Balaban J connectivity index is 1.89. The molecule has 2 saturated heterocycles. The van der Waals surface area contributed by atoms with Crippen molar-refractivity contribution in [3.05, 3.63) is 11.5 Å². The molecule has 3 rings (SSSR count). The molecule has 20 heavy (non-hydrogen) atoms. The first kappa shape index (κ1) is 13.3. The Labute approximate surface area is 119 Å². The van der Waals surface area contributed by atoms with Crippen molar-refractivity contribution in [1.29, 1.82) is 0 Å². The first-order chi connectivity index (χ1) is 9.49. The zero-order valence-corrected chi connectivity index (χ0v) is 11.7. The number of rotatable bonds is 2. The number of hydrogen-bond acceptors (Lipinski definition) is 5. The number of amides is 2. The second-order valence-corrected chi connectivity index (χ2v) is 6.45. The van der Waals surface area contributed by atoms with Gasteiger partial charge in [-0.3, -0.25) is 9.69 Å². The number of fused-ring (bicyclic) bond motifs is 1. The van der Waals surface area contributed by atoms with E-state index in [0.29, 0.717) is 19.5 Å². The predicted octanol–water partition coefficient (Wildman–Crippen LogP) is 0.819. The van der Waals surface area contributed by atoms with Crippen LogP contribution in [0.25, 0.3) is 0 Å². The van der Waals surface area contributed by atoms with Crippen LogP contribution in [0.15, 0.2) is 11.5 Å². The summed E-state index contributed by atoms with van der Waals surface area (Å²) in [6.45, 7) is 3.04. The minimum Gasteiger partial charge on any atom is -0.476 e. The molecule has 0 radical (unpaired) electrons. The summed E-state index contributed by atoms with van der Waals surface area (Å²) in [4.78, 5) is 37.6. The van der Waals surface area contributed by atoms with Gasteiger partial charge in [-0.1, -0.05) is 0 Å². The van der Waals surface area contributed by atoms with Crippen LogP contribution in [0.4, 0.5) is 4.79 Å². The van der Waals surface area contributed by atoms with Gasteiger partial charge in [0.1, 0.15) is 0 Å². The van der Waals surface area contributed by atoms with Crippen molar-refractivity contribution in [1.82, 2.24) is 9.80 Å². The average molecular weight is 298 g/mol.